The Morgan fingerprint density at radius 1 is 1.67 bits per heavy atom. The van der Waals surface area contributed by atoms with Gasteiger partial charge in [-0.15, -0.1) is 0 Å². The van der Waals surface area contributed by atoms with E-state index in [1.165, 1.54) is 4.31 Å². The molecule has 0 aromatic heterocycles. The van der Waals surface area contributed by atoms with Gasteiger partial charge in [0.05, 0.1) is 0 Å². The van der Waals surface area contributed by atoms with Crippen LogP contribution in [0.15, 0.2) is 0 Å². The van der Waals surface area contributed by atoms with Gasteiger partial charge in [-0.2, -0.15) is 0 Å². The van der Waals surface area contributed by atoms with Crippen LogP contribution in [0.1, 0.15) is 12.8 Å². The fraction of sp³-hybridized carbons (Fsp3) is 0.833. The molecular weight excluding hydrogens is 180 g/mol. The van der Waals surface area contributed by atoms with Crippen LogP contribution < -0.4 is 5.32 Å². The Morgan fingerprint density at radius 2 is 2.42 bits per heavy atom. The summed E-state index contributed by atoms with van der Waals surface area (Å²) >= 11 is -2.15. The molecular formula is C6H11N2O3S-. The van der Waals surface area contributed by atoms with Gasteiger partial charge in [0.25, 0.3) is 0 Å². The Balaban J connectivity index is 2.39. The van der Waals surface area contributed by atoms with E-state index < -0.39 is 11.3 Å². The molecule has 1 saturated heterocycles. The summed E-state index contributed by atoms with van der Waals surface area (Å²) in [6.45, 7) is 0.960. The highest BCUT2D eigenvalue weighted by atomic mass is 32.2. The summed E-state index contributed by atoms with van der Waals surface area (Å²) in [6.07, 6.45) is 2.27. The third-order valence-electron chi connectivity index (χ3n) is 1.90. The zero-order valence-corrected chi connectivity index (χ0v) is 7.38. The Morgan fingerprint density at radius 3 is 3.00 bits per heavy atom. The minimum absolute atomic E-state index is 0.0193. The smallest absolute Gasteiger partial charge is 0.207 e. The summed E-state index contributed by atoms with van der Waals surface area (Å²) < 4.78 is 22.4. The topological polar surface area (TPSA) is 72.5 Å². The predicted molar refractivity (Wildman–Crippen MR) is 42.7 cm³/mol. The molecule has 6 heteroatoms. The van der Waals surface area contributed by atoms with E-state index in [-0.39, 0.29) is 6.04 Å². The van der Waals surface area contributed by atoms with Gasteiger partial charge in [-0.05, 0) is 12.8 Å². The number of nitrogens with one attached hydrogen (secondary N) is 1. The summed E-state index contributed by atoms with van der Waals surface area (Å²) in [5.74, 6) is 0. The zero-order chi connectivity index (χ0) is 8.97. The second kappa shape index (κ2) is 4.54. The van der Waals surface area contributed by atoms with Crippen molar-refractivity contribution in [3.63, 3.8) is 0 Å². The van der Waals surface area contributed by atoms with E-state index in [4.69, 9.17) is 0 Å². The molecule has 5 nitrogen and oxygen atoms in total. The summed E-state index contributed by atoms with van der Waals surface area (Å²) in [5, 5.41) is 2.57. The van der Waals surface area contributed by atoms with Gasteiger partial charge in [0, 0.05) is 30.4 Å². The summed E-state index contributed by atoms with van der Waals surface area (Å²) in [5.41, 5.74) is 0. The van der Waals surface area contributed by atoms with Gasteiger partial charge in [-0.1, -0.05) is 0 Å². The van der Waals surface area contributed by atoms with E-state index in [1.807, 2.05) is 0 Å². The Bertz CT molecular complexity index is 188. The minimum Gasteiger partial charge on any atom is -0.760 e. The van der Waals surface area contributed by atoms with Crippen molar-refractivity contribution in [3.05, 3.63) is 0 Å². The van der Waals surface area contributed by atoms with Crippen molar-refractivity contribution in [2.45, 2.75) is 18.9 Å². The van der Waals surface area contributed by atoms with E-state index in [0.29, 0.717) is 19.5 Å². The molecule has 0 aliphatic carbocycles. The van der Waals surface area contributed by atoms with Crippen molar-refractivity contribution in [1.29, 1.82) is 0 Å². The average molecular weight is 191 g/mol. The number of carbonyl (C=O) groups excluding carboxylic acids is 1. The molecule has 1 fully saturated rings. The Labute approximate surface area is 73.5 Å². The van der Waals surface area contributed by atoms with Gasteiger partial charge in [-0.3, -0.25) is 9.00 Å². The molecule has 70 valence electrons. The van der Waals surface area contributed by atoms with Crippen molar-refractivity contribution in [2.75, 3.05) is 13.1 Å². The van der Waals surface area contributed by atoms with Crippen molar-refractivity contribution in [1.82, 2.24) is 9.62 Å². The SMILES string of the molecule is O=CNC1CCCN(S(=O)[O-])C1. The summed E-state index contributed by atoms with van der Waals surface area (Å²) in [6, 6.07) is -0.0193. The average Bonchev–Trinajstić information content (AvgIpc) is 2.05. The lowest BCUT2D eigenvalue weighted by Gasteiger charge is -2.32. The van der Waals surface area contributed by atoms with Crippen LogP contribution >= 0.6 is 0 Å². The Hall–Kier alpha value is -0.460. The van der Waals surface area contributed by atoms with E-state index in [1.54, 1.807) is 0 Å². The maximum Gasteiger partial charge on any atom is 0.207 e. The highest BCUT2D eigenvalue weighted by Gasteiger charge is 2.19. The molecule has 1 aliphatic rings. The van der Waals surface area contributed by atoms with Gasteiger partial charge < -0.3 is 9.87 Å². The molecule has 2 atom stereocenters. The third-order valence-corrected chi connectivity index (χ3v) is 2.65. The highest BCUT2D eigenvalue weighted by Crippen LogP contribution is 2.10. The molecule has 0 radical (unpaired) electrons. The standard InChI is InChI=1S/C6H12N2O3S/c9-5-7-6-2-1-3-8(4-6)12(10)11/h5-6H,1-4H2,(H,7,9)(H,10,11)/p-1. The number of piperidine rings is 1. The van der Waals surface area contributed by atoms with Crippen LogP contribution in [0.4, 0.5) is 0 Å². The van der Waals surface area contributed by atoms with Crippen LogP contribution in [0.3, 0.4) is 0 Å². The molecule has 12 heavy (non-hydrogen) atoms. The number of amides is 1. The number of rotatable bonds is 3. The second-order valence-electron chi connectivity index (χ2n) is 2.73. The third kappa shape index (κ3) is 2.54. The van der Waals surface area contributed by atoms with Crippen LogP contribution in [0.25, 0.3) is 0 Å². The predicted octanol–water partition coefficient (Wildman–Crippen LogP) is -1.01. The monoisotopic (exact) mass is 191 g/mol. The van der Waals surface area contributed by atoms with Crippen molar-refractivity contribution >= 4 is 17.7 Å². The molecule has 1 heterocycles. The van der Waals surface area contributed by atoms with Gasteiger partial charge in [0.2, 0.25) is 6.41 Å². The van der Waals surface area contributed by atoms with E-state index in [2.05, 4.69) is 5.32 Å². The lowest BCUT2D eigenvalue weighted by Crippen LogP contribution is -2.45. The molecule has 1 rings (SSSR count). The van der Waals surface area contributed by atoms with Gasteiger partial charge >= 0.3 is 0 Å². The molecule has 0 saturated carbocycles. The second-order valence-corrected chi connectivity index (χ2v) is 3.68. The first kappa shape index (κ1) is 9.63. The maximum absolute atomic E-state index is 10.5. The lowest BCUT2D eigenvalue weighted by molar-refractivity contribution is -0.110. The van der Waals surface area contributed by atoms with Crippen molar-refractivity contribution < 1.29 is 13.6 Å². The fourth-order valence-corrected chi connectivity index (χ4v) is 1.89. The molecule has 0 aromatic rings. The number of nitrogens with zero attached hydrogens (tertiary/aromatic N) is 1. The van der Waals surface area contributed by atoms with E-state index >= 15 is 0 Å². The first-order chi connectivity index (χ1) is 5.74. The highest BCUT2D eigenvalue weighted by molar-refractivity contribution is 7.76. The van der Waals surface area contributed by atoms with Crippen LogP contribution in [-0.4, -0.2) is 38.6 Å². The number of hydrogen-bond acceptors (Lipinski definition) is 3. The maximum atomic E-state index is 10.5. The first-order valence-corrected chi connectivity index (χ1v) is 4.81. The van der Waals surface area contributed by atoms with Crippen LogP contribution in [0.2, 0.25) is 0 Å². The molecule has 0 aromatic carbocycles. The first-order valence-electron chi connectivity index (χ1n) is 3.78. The molecule has 2 unspecified atom stereocenters. The fourth-order valence-electron chi connectivity index (χ4n) is 1.31. The zero-order valence-electron chi connectivity index (χ0n) is 6.56. The summed E-state index contributed by atoms with van der Waals surface area (Å²) in [4.78, 5) is 10.1. The van der Waals surface area contributed by atoms with E-state index in [9.17, 15) is 13.6 Å². The van der Waals surface area contributed by atoms with Crippen molar-refractivity contribution in [3.8, 4) is 0 Å². The lowest BCUT2D eigenvalue weighted by atomic mass is 10.1. The van der Waals surface area contributed by atoms with Gasteiger partial charge in [-0.25, -0.2) is 4.31 Å². The van der Waals surface area contributed by atoms with Gasteiger partial charge in [0.1, 0.15) is 0 Å². The molecule has 1 aliphatic heterocycles. The van der Waals surface area contributed by atoms with Crippen LogP contribution in [0, 0.1) is 0 Å². The molecule has 0 spiro atoms. The molecule has 0 bridgehead atoms. The number of carbonyl (C=O) groups is 1. The minimum atomic E-state index is -2.15. The van der Waals surface area contributed by atoms with Crippen molar-refractivity contribution in [2.24, 2.45) is 0 Å². The van der Waals surface area contributed by atoms with Gasteiger partial charge in [0.15, 0.2) is 0 Å². The van der Waals surface area contributed by atoms with E-state index in [0.717, 1.165) is 12.8 Å². The molecule has 1 amide bonds. The Kier molecular flexibility index (Phi) is 3.64. The number of hydrogen-bond donors (Lipinski definition) is 1. The van der Waals surface area contributed by atoms with Crippen LogP contribution in [0.5, 0.6) is 0 Å². The quantitative estimate of drug-likeness (QED) is 0.459. The largest absolute Gasteiger partial charge is 0.760 e. The summed E-state index contributed by atoms with van der Waals surface area (Å²) in [7, 11) is 0. The normalized spacial score (nSPS) is 27.9. The molecule has 1 N–H and O–H groups in total. The van der Waals surface area contributed by atoms with Crippen LogP contribution in [-0.2, 0) is 16.1 Å².